The summed E-state index contributed by atoms with van der Waals surface area (Å²) in [5.41, 5.74) is 3.77. The maximum atomic E-state index is 10.2. The predicted octanol–water partition coefficient (Wildman–Crippen LogP) is 5.24. The number of thiol groups is 1. The van der Waals surface area contributed by atoms with Crippen molar-refractivity contribution in [2.75, 3.05) is 0 Å². The van der Waals surface area contributed by atoms with Gasteiger partial charge in [0.05, 0.1) is 23.7 Å². The molecule has 0 N–H and O–H groups in total. The zero-order chi connectivity index (χ0) is 20.0. The van der Waals surface area contributed by atoms with Crippen molar-refractivity contribution in [2.24, 2.45) is 0 Å². The summed E-state index contributed by atoms with van der Waals surface area (Å²) < 4.78 is 8.07. The monoisotopic (exact) mass is 401 g/mol. The molecule has 3 heterocycles. The van der Waals surface area contributed by atoms with E-state index < -0.39 is 5.41 Å². The van der Waals surface area contributed by atoms with Crippen LogP contribution >= 0.6 is 12.6 Å². The summed E-state index contributed by atoms with van der Waals surface area (Å²) in [6.45, 7) is 1.99. The lowest BCUT2D eigenvalue weighted by atomic mass is 9.72. The third kappa shape index (κ3) is 3.08. The van der Waals surface area contributed by atoms with Crippen LogP contribution in [-0.2, 0) is 10.2 Å². The first-order valence-corrected chi connectivity index (χ1v) is 10.5. The predicted molar refractivity (Wildman–Crippen MR) is 115 cm³/mol. The van der Waals surface area contributed by atoms with Gasteiger partial charge in [0.25, 0.3) is 0 Å². The number of hydrogen-bond donors (Lipinski definition) is 1. The van der Waals surface area contributed by atoms with Crippen molar-refractivity contribution < 1.29 is 4.74 Å². The van der Waals surface area contributed by atoms with Gasteiger partial charge < -0.3 is 9.30 Å². The Kier molecular flexibility index (Phi) is 4.49. The fraction of sp³-hybridized carbons (Fsp3) is 0.333. The Morgan fingerprint density at radius 3 is 2.48 bits per heavy atom. The van der Waals surface area contributed by atoms with Crippen LogP contribution in [-0.4, -0.2) is 21.8 Å². The van der Waals surface area contributed by atoms with Crippen LogP contribution in [0.1, 0.15) is 37.1 Å². The van der Waals surface area contributed by atoms with Gasteiger partial charge in [-0.3, -0.25) is 0 Å². The Balaban J connectivity index is 1.53. The van der Waals surface area contributed by atoms with Crippen LogP contribution in [0.3, 0.4) is 0 Å². The molecular weight excluding hydrogens is 378 g/mol. The maximum absolute atomic E-state index is 10.2. The van der Waals surface area contributed by atoms with Crippen molar-refractivity contribution in [3.63, 3.8) is 0 Å². The summed E-state index contributed by atoms with van der Waals surface area (Å²) >= 11 is 4.92. The highest BCUT2D eigenvalue weighted by Crippen LogP contribution is 2.48. The van der Waals surface area contributed by atoms with Crippen molar-refractivity contribution in [3.05, 3.63) is 66.2 Å². The molecule has 2 bridgehead atoms. The van der Waals surface area contributed by atoms with Gasteiger partial charge in [0.1, 0.15) is 5.82 Å². The third-order valence-electron chi connectivity index (χ3n) is 6.40. The van der Waals surface area contributed by atoms with E-state index in [2.05, 4.69) is 58.1 Å². The van der Waals surface area contributed by atoms with Gasteiger partial charge in [-0.15, -0.1) is 12.6 Å². The Bertz CT molecular complexity index is 1080. The van der Waals surface area contributed by atoms with Gasteiger partial charge in [-0.25, -0.2) is 4.98 Å². The number of aryl methyl sites for hydroxylation is 1. The first-order chi connectivity index (χ1) is 14.1. The summed E-state index contributed by atoms with van der Waals surface area (Å²) in [5.74, 6) is 0.958. The van der Waals surface area contributed by atoms with Crippen LogP contribution < -0.4 is 0 Å². The zero-order valence-corrected chi connectivity index (χ0v) is 17.3. The quantitative estimate of drug-likeness (QED) is 0.611. The molecular formula is C24H23N3OS. The average Bonchev–Trinajstić information content (AvgIpc) is 3.33. The zero-order valence-electron chi connectivity index (χ0n) is 16.4. The first-order valence-electron chi connectivity index (χ1n) is 10.1. The molecule has 1 aromatic heterocycles. The van der Waals surface area contributed by atoms with Crippen molar-refractivity contribution in [3.8, 4) is 22.9 Å². The lowest BCUT2D eigenvalue weighted by Gasteiger charge is -2.36. The van der Waals surface area contributed by atoms with E-state index in [0.717, 1.165) is 58.8 Å². The van der Waals surface area contributed by atoms with E-state index in [1.165, 1.54) is 0 Å². The molecule has 2 aromatic carbocycles. The molecule has 4 nitrogen and oxygen atoms in total. The first kappa shape index (κ1) is 18.5. The second kappa shape index (κ2) is 7.05. The minimum absolute atomic E-state index is 0.197. The van der Waals surface area contributed by atoms with Gasteiger partial charge in [-0.1, -0.05) is 30.3 Å². The molecule has 0 saturated carbocycles. The van der Waals surface area contributed by atoms with Gasteiger partial charge in [0.2, 0.25) is 0 Å². The Labute approximate surface area is 176 Å². The van der Waals surface area contributed by atoms with Crippen LogP contribution in [0.25, 0.3) is 16.8 Å². The molecule has 0 aliphatic carbocycles. The van der Waals surface area contributed by atoms with Crippen molar-refractivity contribution >= 4 is 12.6 Å². The minimum atomic E-state index is -0.509. The highest BCUT2D eigenvalue weighted by molar-refractivity contribution is 7.80. The van der Waals surface area contributed by atoms with Crippen molar-refractivity contribution in [2.45, 2.75) is 55.1 Å². The van der Waals surface area contributed by atoms with Crippen LogP contribution in [0.15, 0.2) is 59.8 Å². The molecule has 2 aliphatic rings. The molecule has 2 atom stereocenters. The molecule has 2 unspecified atom stereocenters. The molecule has 3 aromatic rings. The lowest BCUT2D eigenvalue weighted by Crippen LogP contribution is -2.38. The molecule has 2 aliphatic heterocycles. The topological polar surface area (TPSA) is 50.8 Å². The Morgan fingerprint density at radius 1 is 1.14 bits per heavy atom. The normalized spacial score (nSPS) is 25.7. The van der Waals surface area contributed by atoms with Crippen molar-refractivity contribution in [1.29, 1.82) is 5.26 Å². The third-order valence-corrected chi connectivity index (χ3v) is 6.88. The molecule has 5 heteroatoms. The van der Waals surface area contributed by atoms with Crippen LogP contribution in [0.2, 0.25) is 0 Å². The fourth-order valence-electron chi connectivity index (χ4n) is 4.93. The Hall–Kier alpha value is -2.55. The number of nitriles is 1. The van der Waals surface area contributed by atoms with E-state index in [-0.39, 0.29) is 12.2 Å². The van der Waals surface area contributed by atoms with E-state index >= 15 is 0 Å². The number of nitrogens with zero attached hydrogens (tertiary/aromatic N) is 3. The SMILES string of the molecule is Cc1nccn1-c1ccc(-c2cccc(C3(C#N)CC4CCC(C3)O4)c2S)cc1. The standard InChI is InChI=1S/C24H23N3OS/c1-16-26-11-12-27(16)18-7-5-17(6-8-18)21-3-2-4-22(23(21)29)24(15-25)13-19-9-10-20(14-24)28-19/h2-8,11-12,19-20,29H,9-10,13-14H2,1H3. The van der Waals surface area contributed by atoms with E-state index in [9.17, 15) is 5.26 Å². The lowest BCUT2D eigenvalue weighted by molar-refractivity contribution is -0.0188. The number of hydrogen-bond acceptors (Lipinski definition) is 4. The summed E-state index contributed by atoms with van der Waals surface area (Å²) in [5, 5.41) is 10.2. The number of benzene rings is 2. The molecule has 146 valence electrons. The van der Waals surface area contributed by atoms with Gasteiger partial charge in [0.15, 0.2) is 0 Å². The molecule has 0 amide bonds. The molecule has 5 rings (SSSR count). The van der Waals surface area contributed by atoms with Crippen LogP contribution in [0.4, 0.5) is 0 Å². The second-order valence-corrected chi connectivity index (χ2v) is 8.60. The highest BCUT2D eigenvalue weighted by atomic mass is 32.1. The maximum Gasteiger partial charge on any atom is 0.110 e. The van der Waals surface area contributed by atoms with Gasteiger partial charge in [-0.05, 0) is 61.4 Å². The average molecular weight is 402 g/mol. The van der Waals surface area contributed by atoms with E-state index in [0.29, 0.717) is 0 Å². The summed E-state index contributed by atoms with van der Waals surface area (Å²) in [4.78, 5) is 5.20. The van der Waals surface area contributed by atoms with Gasteiger partial charge in [0, 0.05) is 23.0 Å². The van der Waals surface area contributed by atoms with Crippen LogP contribution in [0.5, 0.6) is 0 Å². The van der Waals surface area contributed by atoms with E-state index in [4.69, 9.17) is 17.4 Å². The number of imidazole rings is 1. The largest absolute Gasteiger partial charge is 0.375 e. The van der Waals surface area contributed by atoms with E-state index in [1.807, 2.05) is 13.1 Å². The molecule has 2 fully saturated rings. The van der Waals surface area contributed by atoms with E-state index in [1.54, 1.807) is 6.20 Å². The molecule has 29 heavy (non-hydrogen) atoms. The Morgan fingerprint density at radius 2 is 1.86 bits per heavy atom. The summed E-state index contributed by atoms with van der Waals surface area (Å²) in [6.07, 6.45) is 7.80. The van der Waals surface area contributed by atoms with Crippen molar-refractivity contribution in [1.82, 2.24) is 9.55 Å². The summed E-state index contributed by atoms with van der Waals surface area (Å²) in [7, 11) is 0. The molecule has 0 spiro atoms. The number of ether oxygens (including phenoxy) is 1. The number of aromatic nitrogens is 2. The summed E-state index contributed by atoms with van der Waals surface area (Å²) in [6, 6.07) is 17.3. The molecule has 0 radical (unpaired) electrons. The second-order valence-electron chi connectivity index (χ2n) is 8.15. The van der Waals surface area contributed by atoms with Gasteiger partial charge >= 0.3 is 0 Å². The van der Waals surface area contributed by atoms with Gasteiger partial charge in [-0.2, -0.15) is 5.26 Å². The van der Waals surface area contributed by atoms with Crippen LogP contribution in [0, 0.1) is 18.3 Å². The number of rotatable bonds is 3. The fourth-order valence-corrected chi connectivity index (χ4v) is 5.42. The number of fused-ring (bicyclic) bond motifs is 2. The smallest absolute Gasteiger partial charge is 0.110 e. The molecule has 2 saturated heterocycles. The highest BCUT2D eigenvalue weighted by Gasteiger charge is 2.47. The minimum Gasteiger partial charge on any atom is -0.375 e.